The van der Waals surface area contributed by atoms with Crippen molar-refractivity contribution in [1.29, 1.82) is 0 Å². The van der Waals surface area contributed by atoms with E-state index < -0.39 is 5.97 Å². The molecule has 3 N–H and O–H groups in total. The molecule has 0 amide bonds. The van der Waals surface area contributed by atoms with Crippen LogP contribution in [0.1, 0.15) is 17.3 Å². The Bertz CT molecular complexity index is 395. The van der Waals surface area contributed by atoms with E-state index in [0.29, 0.717) is 6.54 Å². The third kappa shape index (κ3) is 2.43. The molecule has 0 saturated heterocycles. The molecular formula is C9H12N2O3. The Morgan fingerprint density at radius 3 is 2.79 bits per heavy atom. The van der Waals surface area contributed by atoms with E-state index in [-0.39, 0.29) is 17.2 Å². The summed E-state index contributed by atoms with van der Waals surface area (Å²) in [4.78, 5) is 21.8. The Balaban J connectivity index is 3.02. The maximum absolute atomic E-state index is 11.3. The molecule has 0 saturated carbocycles. The number of hydrogen-bond donors (Lipinski definition) is 2. The van der Waals surface area contributed by atoms with E-state index in [4.69, 9.17) is 10.8 Å². The van der Waals surface area contributed by atoms with Gasteiger partial charge in [0, 0.05) is 24.8 Å². The molecule has 1 atom stereocenters. The van der Waals surface area contributed by atoms with Gasteiger partial charge in [-0.05, 0) is 13.0 Å². The molecule has 0 radical (unpaired) electrons. The van der Waals surface area contributed by atoms with Gasteiger partial charge in [-0.15, -0.1) is 0 Å². The molecule has 0 aliphatic rings. The van der Waals surface area contributed by atoms with Gasteiger partial charge in [0.05, 0.1) is 5.56 Å². The van der Waals surface area contributed by atoms with Crippen LogP contribution < -0.4 is 11.3 Å². The van der Waals surface area contributed by atoms with Crippen molar-refractivity contribution in [2.45, 2.75) is 19.5 Å². The number of rotatable bonds is 3. The van der Waals surface area contributed by atoms with Gasteiger partial charge in [-0.2, -0.15) is 0 Å². The standard InChI is InChI=1S/C9H12N2O3/c1-6(10)5-11-3-2-7(9(13)14)4-8(11)12/h2-4,6H,5,10H2,1H3,(H,13,14). The minimum absolute atomic E-state index is 0.00377. The lowest BCUT2D eigenvalue weighted by molar-refractivity contribution is 0.0696. The lowest BCUT2D eigenvalue weighted by Crippen LogP contribution is -2.29. The zero-order valence-corrected chi connectivity index (χ0v) is 7.80. The summed E-state index contributed by atoms with van der Waals surface area (Å²) in [5.41, 5.74) is 5.17. The predicted molar refractivity (Wildman–Crippen MR) is 51.3 cm³/mol. The smallest absolute Gasteiger partial charge is 0.335 e. The van der Waals surface area contributed by atoms with Gasteiger partial charge in [0.1, 0.15) is 0 Å². The van der Waals surface area contributed by atoms with Gasteiger partial charge in [0.15, 0.2) is 0 Å². The fourth-order valence-electron chi connectivity index (χ4n) is 1.10. The van der Waals surface area contributed by atoms with Crippen molar-refractivity contribution in [3.63, 3.8) is 0 Å². The molecule has 1 heterocycles. The number of carbonyl (C=O) groups is 1. The van der Waals surface area contributed by atoms with Gasteiger partial charge in [0.25, 0.3) is 5.56 Å². The van der Waals surface area contributed by atoms with Crippen LogP contribution in [0.4, 0.5) is 0 Å². The van der Waals surface area contributed by atoms with E-state index in [0.717, 1.165) is 6.07 Å². The summed E-state index contributed by atoms with van der Waals surface area (Å²) in [5.74, 6) is -1.10. The zero-order chi connectivity index (χ0) is 10.7. The molecule has 14 heavy (non-hydrogen) atoms. The van der Waals surface area contributed by atoms with Crippen LogP contribution in [0, 0.1) is 0 Å². The molecule has 1 aromatic heterocycles. The third-order valence-corrected chi connectivity index (χ3v) is 1.73. The summed E-state index contributed by atoms with van der Waals surface area (Å²) < 4.78 is 1.39. The van der Waals surface area contributed by atoms with Crippen molar-refractivity contribution in [3.05, 3.63) is 34.2 Å². The summed E-state index contributed by atoms with van der Waals surface area (Å²) in [6.07, 6.45) is 1.44. The molecule has 1 aromatic rings. The minimum atomic E-state index is -1.10. The highest BCUT2D eigenvalue weighted by molar-refractivity contribution is 5.87. The molecule has 0 aliphatic heterocycles. The van der Waals surface area contributed by atoms with E-state index >= 15 is 0 Å². The molecular weight excluding hydrogens is 184 g/mol. The first-order chi connectivity index (χ1) is 6.50. The molecule has 0 spiro atoms. The van der Waals surface area contributed by atoms with E-state index in [2.05, 4.69) is 0 Å². The topological polar surface area (TPSA) is 85.3 Å². The maximum atomic E-state index is 11.3. The van der Waals surface area contributed by atoms with Crippen LogP contribution in [0.15, 0.2) is 23.1 Å². The molecule has 1 unspecified atom stereocenters. The largest absolute Gasteiger partial charge is 0.478 e. The molecule has 1 rings (SSSR count). The predicted octanol–water partition coefficient (Wildman–Crippen LogP) is -0.106. The monoisotopic (exact) mass is 196 g/mol. The Kier molecular flexibility index (Phi) is 3.03. The lowest BCUT2D eigenvalue weighted by atomic mass is 10.2. The van der Waals surface area contributed by atoms with Gasteiger partial charge < -0.3 is 15.4 Å². The van der Waals surface area contributed by atoms with E-state index in [9.17, 15) is 9.59 Å². The molecule has 0 aliphatic carbocycles. The molecule has 0 fully saturated rings. The highest BCUT2D eigenvalue weighted by Gasteiger charge is 2.05. The Morgan fingerprint density at radius 1 is 1.71 bits per heavy atom. The van der Waals surface area contributed by atoms with Crippen molar-refractivity contribution >= 4 is 5.97 Å². The normalized spacial score (nSPS) is 12.4. The number of carboxylic acid groups (broad SMARTS) is 1. The minimum Gasteiger partial charge on any atom is -0.478 e. The molecule has 0 bridgehead atoms. The van der Waals surface area contributed by atoms with Crippen LogP contribution >= 0.6 is 0 Å². The Labute approximate surface area is 80.8 Å². The molecule has 5 nitrogen and oxygen atoms in total. The van der Waals surface area contributed by atoms with Crippen LogP contribution in [0.3, 0.4) is 0 Å². The Morgan fingerprint density at radius 2 is 2.36 bits per heavy atom. The molecule has 5 heteroatoms. The second kappa shape index (κ2) is 4.06. The number of nitrogens with two attached hydrogens (primary N) is 1. The van der Waals surface area contributed by atoms with Gasteiger partial charge >= 0.3 is 5.97 Å². The van der Waals surface area contributed by atoms with Gasteiger partial charge in [0.2, 0.25) is 0 Å². The fraction of sp³-hybridized carbons (Fsp3) is 0.333. The summed E-state index contributed by atoms with van der Waals surface area (Å²) in [5, 5.41) is 8.61. The van der Waals surface area contributed by atoms with Crippen LogP contribution in [0.2, 0.25) is 0 Å². The van der Waals surface area contributed by atoms with Crippen LogP contribution in [-0.2, 0) is 6.54 Å². The van der Waals surface area contributed by atoms with Gasteiger partial charge in [-0.3, -0.25) is 4.79 Å². The Hall–Kier alpha value is -1.62. The highest BCUT2D eigenvalue weighted by Crippen LogP contribution is 1.94. The summed E-state index contributed by atoms with van der Waals surface area (Å²) in [7, 11) is 0. The quantitative estimate of drug-likeness (QED) is 0.706. The molecule has 76 valence electrons. The van der Waals surface area contributed by atoms with Crippen LogP contribution in [0.25, 0.3) is 0 Å². The first kappa shape index (κ1) is 10.5. The zero-order valence-electron chi connectivity index (χ0n) is 7.80. The van der Waals surface area contributed by atoms with Gasteiger partial charge in [-0.25, -0.2) is 4.79 Å². The van der Waals surface area contributed by atoms with Crippen molar-refractivity contribution < 1.29 is 9.90 Å². The first-order valence-corrected chi connectivity index (χ1v) is 4.20. The number of carboxylic acids is 1. The van der Waals surface area contributed by atoms with Crippen molar-refractivity contribution in [2.24, 2.45) is 5.73 Å². The maximum Gasteiger partial charge on any atom is 0.335 e. The summed E-state index contributed by atoms with van der Waals surface area (Å²) in [6.45, 7) is 2.16. The number of aromatic nitrogens is 1. The second-order valence-electron chi connectivity index (χ2n) is 3.19. The average molecular weight is 196 g/mol. The molecule has 0 aromatic carbocycles. The van der Waals surface area contributed by atoms with E-state index in [1.54, 1.807) is 6.92 Å². The lowest BCUT2D eigenvalue weighted by Gasteiger charge is -2.08. The van der Waals surface area contributed by atoms with Crippen LogP contribution in [-0.4, -0.2) is 21.7 Å². The number of nitrogens with zero attached hydrogens (tertiary/aromatic N) is 1. The SMILES string of the molecule is CC(N)Cn1ccc(C(=O)O)cc1=O. The highest BCUT2D eigenvalue weighted by atomic mass is 16.4. The summed E-state index contributed by atoms with van der Waals surface area (Å²) >= 11 is 0. The number of aromatic carboxylic acids is 1. The van der Waals surface area contributed by atoms with E-state index in [1.165, 1.54) is 16.8 Å². The van der Waals surface area contributed by atoms with E-state index in [1.807, 2.05) is 0 Å². The summed E-state index contributed by atoms with van der Waals surface area (Å²) in [6, 6.07) is 2.33. The number of hydrogen-bond acceptors (Lipinski definition) is 3. The van der Waals surface area contributed by atoms with Crippen LogP contribution in [0.5, 0.6) is 0 Å². The second-order valence-corrected chi connectivity index (χ2v) is 3.19. The van der Waals surface area contributed by atoms with Gasteiger partial charge in [-0.1, -0.05) is 0 Å². The first-order valence-electron chi connectivity index (χ1n) is 4.20. The van der Waals surface area contributed by atoms with Crippen molar-refractivity contribution in [1.82, 2.24) is 4.57 Å². The van der Waals surface area contributed by atoms with Crippen molar-refractivity contribution in [2.75, 3.05) is 0 Å². The van der Waals surface area contributed by atoms with Crippen molar-refractivity contribution in [3.8, 4) is 0 Å². The third-order valence-electron chi connectivity index (χ3n) is 1.73. The fourth-order valence-corrected chi connectivity index (χ4v) is 1.10. The number of pyridine rings is 1. The average Bonchev–Trinajstić information content (AvgIpc) is 2.07.